The zero-order valence-electron chi connectivity index (χ0n) is 14.2. The highest BCUT2D eigenvalue weighted by molar-refractivity contribution is 5.91. The predicted octanol–water partition coefficient (Wildman–Crippen LogP) is 4.24. The van der Waals surface area contributed by atoms with Gasteiger partial charge in [-0.2, -0.15) is 18.2 Å². The fourth-order valence-electron chi connectivity index (χ4n) is 3.05. The number of rotatable bonds is 3. The average Bonchev–Trinajstić information content (AvgIpc) is 3.30. The normalized spacial score (nSPS) is 19.3. The zero-order chi connectivity index (χ0) is 19.3. The maximum atomic E-state index is 13.3. The van der Waals surface area contributed by atoms with Gasteiger partial charge in [0.2, 0.25) is 0 Å². The maximum absolute atomic E-state index is 13.3. The Balaban J connectivity index is 2.01. The van der Waals surface area contributed by atoms with E-state index in [1.54, 1.807) is 31.2 Å². The molecule has 140 valence electrons. The van der Waals surface area contributed by atoms with E-state index in [1.165, 1.54) is 6.07 Å². The number of benzene rings is 2. The summed E-state index contributed by atoms with van der Waals surface area (Å²) in [5, 5.41) is 3.14. The van der Waals surface area contributed by atoms with Crippen LogP contribution in [0.25, 0.3) is 16.6 Å². The molecular formula is C19H15F4N3O. The van der Waals surface area contributed by atoms with Gasteiger partial charge in [-0.1, -0.05) is 18.2 Å². The first-order valence-electron chi connectivity index (χ1n) is 8.36. The molecule has 0 spiro atoms. The highest BCUT2D eigenvalue weighted by Gasteiger charge is 2.38. The Kier molecular flexibility index (Phi) is 3.94. The number of nitrogens with zero attached hydrogens (tertiary/aromatic N) is 2. The van der Waals surface area contributed by atoms with Gasteiger partial charge < -0.3 is 5.32 Å². The van der Waals surface area contributed by atoms with Gasteiger partial charge in [-0.05, 0) is 36.8 Å². The number of nitrogens with one attached hydrogen (secondary N) is 1. The Labute approximate surface area is 151 Å². The lowest BCUT2D eigenvalue weighted by Crippen LogP contribution is -2.25. The van der Waals surface area contributed by atoms with Crippen molar-refractivity contribution < 1.29 is 17.6 Å². The van der Waals surface area contributed by atoms with Crippen molar-refractivity contribution in [2.24, 2.45) is 0 Å². The Morgan fingerprint density at radius 2 is 1.89 bits per heavy atom. The second-order valence-electron chi connectivity index (χ2n) is 6.60. The van der Waals surface area contributed by atoms with Crippen LogP contribution < -0.4 is 11.0 Å². The van der Waals surface area contributed by atoms with Crippen molar-refractivity contribution in [3.8, 4) is 5.69 Å². The topological polar surface area (TPSA) is 46.9 Å². The number of hydrogen-bond acceptors (Lipinski definition) is 3. The molecule has 1 saturated carbocycles. The van der Waals surface area contributed by atoms with Crippen LogP contribution in [0.1, 0.15) is 17.5 Å². The van der Waals surface area contributed by atoms with Gasteiger partial charge in [-0.25, -0.2) is 9.18 Å². The Bertz CT molecular complexity index is 1090. The molecule has 1 aliphatic rings. The van der Waals surface area contributed by atoms with E-state index in [9.17, 15) is 22.4 Å². The first kappa shape index (κ1) is 17.5. The van der Waals surface area contributed by atoms with Crippen LogP contribution in [0.2, 0.25) is 0 Å². The van der Waals surface area contributed by atoms with E-state index < -0.39 is 29.6 Å². The Morgan fingerprint density at radius 1 is 1.19 bits per heavy atom. The monoisotopic (exact) mass is 377 g/mol. The van der Waals surface area contributed by atoms with E-state index >= 15 is 0 Å². The van der Waals surface area contributed by atoms with Gasteiger partial charge in [0.25, 0.3) is 0 Å². The first-order chi connectivity index (χ1) is 12.8. The average molecular weight is 377 g/mol. The van der Waals surface area contributed by atoms with Crippen molar-refractivity contribution in [1.82, 2.24) is 9.55 Å². The molecule has 8 heteroatoms. The third kappa shape index (κ3) is 3.15. The lowest BCUT2D eigenvalue weighted by molar-refractivity contribution is -0.137. The van der Waals surface area contributed by atoms with Gasteiger partial charge in [0.15, 0.2) is 0 Å². The van der Waals surface area contributed by atoms with E-state index in [-0.39, 0.29) is 17.8 Å². The molecule has 0 saturated heterocycles. The van der Waals surface area contributed by atoms with Crippen molar-refractivity contribution >= 4 is 16.7 Å². The van der Waals surface area contributed by atoms with Crippen molar-refractivity contribution in [2.45, 2.75) is 31.7 Å². The third-order valence-electron chi connectivity index (χ3n) is 4.61. The molecule has 27 heavy (non-hydrogen) atoms. The molecular weight excluding hydrogens is 362 g/mol. The quantitative estimate of drug-likeness (QED) is 0.695. The van der Waals surface area contributed by atoms with Gasteiger partial charge >= 0.3 is 11.9 Å². The molecule has 1 N–H and O–H groups in total. The standard InChI is InChI=1S/C19H15F4N3O/c1-10-4-2-3-5-15(10)26-16-8-11(19(21,22)23)6-7-12(16)17(25-18(26)27)24-14-9-13(14)20/h2-8,13-14H,9H2,1H3,(H,24,25,27)/t13-,14+/m1/s1. The van der Waals surface area contributed by atoms with Gasteiger partial charge in [0.05, 0.1) is 22.8 Å². The highest BCUT2D eigenvalue weighted by atomic mass is 19.4. The largest absolute Gasteiger partial charge is 0.416 e. The minimum atomic E-state index is -4.56. The smallest absolute Gasteiger partial charge is 0.364 e. The summed E-state index contributed by atoms with van der Waals surface area (Å²) in [6.07, 6.45) is -5.32. The SMILES string of the molecule is Cc1ccccc1-n1c(=O)nc(N[C@H]2C[C@H]2F)c2ccc(C(F)(F)F)cc21. The molecule has 0 radical (unpaired) electrons. The van der Waals surface area contributed by atoms with E-state index in [4.69, 9.17) is 0 Å². The van der Waals surface area contributed by atoms with Gasteiger partial charge in [0.1, 0.15) is 12.0 Å². The third-order valence-corrected chi connectivity index (χ3v) is 4.61. The van der Waals surface area contributed by atoms with Crippen LogP contribution in [-0.2, 0) is 6.18 Å². The van der Waals surface area contributed by atoms with Crippen molar-refractivity contribution in [3.63, 3.8) is 0 Å². The van der Waals surface area contributed by atoms with Crippen LogP contribution in [0.3, 0.4) is 0 Å². The molecule has 0 bridgehead atoms. The van der Waals surface area contributed by atoms with Crippen LogP contribution in [0.4, 0.5) is 23.4 Å². The molecule has 1 heterocycles. The van der Waals surface area contributed by atoms with E-state index in [0.717, 1.165) is 16.7 Å². The van der Waals surface area contributed by atoms with E-state index in [2.05, 4.69) is 10.3 Å². The summed E-state index contributed by atoms with van der Waals surface area (Å²) in [5.41, 5.74) is -0.372. The summed E-state index contributed by atoms with van der Waals surface area (Å²) in [6.45, 7) is 1.76. The number of para-hydroxylation sites is 1. The fraction of sp³-hybridized carbons (Fsp3) is 0.263. The van der Waals surface area contributed by atoms with Gasteiger partial charge in [-0.15, -0.1) is 0 Å². The lowest BCUT2D eigenvalue weighted by atomic mass is 10.1. The zero-order valence-corrected chi connectivity index (χ0v) is 14.2. The summed E-state index contributed by atoms with van der Waals surface area (Å²) in [7, 11) is 0. The number of hydrogen-bond donors (Lipinski definition) is 1. The number of aromatic nitrogens is 2. The number of alkyl halides is 4. The molecule has 1 aromatic heterocycles. The van der Waals surface area contributed by atoms with Gasteiger partial charge in [-0.3, -0.25) is 4.57 Å². The van der Waals surface area contributed by atoms with Gasteiger partial charge in [0, 0.05) is 11.8 Å². The minimum Gasteiger partial charge on any atom is -0.364 e. The molecule has 0 unspecified atom stereocenters. The summed E-state index contributed by atoms with van der Waals surface area (Å²) in [5.74, 6) is 0.0960. The second-order valence-corrected chi connectivity index (χ2v) is 6.60. The molecule has 1 fully saturated rings. The minimum absolute atomic E-state index is 0.0673. The predicted molar refractivity (Wildman–Crippen MR) is 94.0 cm³/mol. The molecule has 1 aliphatic carbocycles. The summed E-state index contributed by atoms with van der Waals surface area (Å²) in [4.78, 5) is 16.7. The van der Waals surface area contributed by atoms with Crippen LogP contribution in [0.15, 0.2) is 47.3 Å². The number of anilines is 1. The van der Waals surface area contributed by atoms with Crippen LogP contribution in [0, 0.1) is 6.92 Å². The second kappa shape index (κ2) is 6.07. The summed E-state index contributed by atoms with van der Waals surface area (Å²) >= 11 is 0. The van der Waals surface area contributed by atoms with E-state index in [0.29, 0.717) is 16.6 Å². The maximum Gasteiger partial charge on any atom is 0.416 e. The molecule has 0 amide bonds. The van der Waals surface area contributed by atoms with Crippen LogP contribution in [0.5, 0.6) is 0 Å². The molecule has 3 aromatic rings. The lowest BCUT2D eigenvalue weighted by Gasteiger charge is -2.16. The Hall–Kier alpha value is -2.90. The first-order valence-corrected chi connectivity index (χ1v) is 8.36. The number of aryl methyl sites for hydroxylation is 1. The highest BCUT2D eigenvalue weighted by Crippen LogP contribution is 2.35. The van der Waals surface area contributed by atoms with Crippen LogP contribution >= 0.6 is 0 Å². The molecule has 0 aliphatic heterocycles. The Morgan fingerprint density at radius 3 is 2.52 bits per heavy atom. The molecule has 4 nitrogen and oxygen atoms in total. The van der Waals surface area contributed by atoms with Crippen molar-refractivity contribution in [3.05, 3.63) is 64.1 Å². The number of fused-ring (bicyclic) bond motifs is 1. The van der Waals surface area contributed by atoms with Crippen molar-refractivity contribution in [1.29, 1.82) is 0 Å². The summed E-state index contributed by atoms with van der Waals surface area (Å²) in [6, 6.07) is 9.50. The number of halogens is 4. The van der Waals surface area contributed by atoms with E-state index in [1.807, 2.05) is 0 Å². The summed E-state index contributed by atoms with van der Waals surface area (Å²) < 4.78 is 54.1. The molecule has 2 atom stereocenters. The van der Waals surface area contributed by atoms with Crippen LogP contribution in [-0.4, -0.2) is 21.8 Å². The molecule has 4 rings (SSSR count). The fourth-order valence-corrected chi connectivity index (χ4v) is 3.05. The van der Waals surface area contributed by atoms with Crippen molar-refractivity contribution in [2.75, 3.05) is 5.32 Å². The molecule has 2 aromatic carbocycles.